The van der Waals surface area contributed by atoms with Crippen molar-refractivity contribution in [1.82, 2.24) is 0 Å². The molecule has 0 nitrogen and oxygen atoms in total. The van der Waals surface area contributed by atoms with E-state index < -0.39 is 0 Å². The van der Waals surface area contributed by atoms with E-state index in [-0.39, 0.29) is 0 Å². The lowest BCUT2D eigenvalue weighted by Gasteiger charge is -1.89. The Bertz CT molecular complexity index is 194. The highest BCUT2D eigenvalue weighted by Gasteiger charge is 1.81. The molecule has 10 heavy (non-hydrogen) atoms. The van der Waals surface area contributed by atoms with Crippen molar-refractivity contribution in [2.45, 2.75) is 20.8 Å². The number of rotatable bonds is 2. The van der Waals surface area contributed by atoms with E-state index in [1.807, 2.05) is 25.2 Å². The molecule has 0 spiro atoms. The molecule has 0 saturated heterocycles. The van der Waals surface area contributed by atoms with Gasteiger partial charge < -0.3 is 0 Å². The summed E-state index contributed by atoms with van der Waals surface area (Å²) in [5.41, 5.74) is 5.15. The molecule has 0 aromatic carbocycles. The van der Waals surface area contributed by atoms with E-state index in [0.29, 0.717) is 0 Å². The lowest BCUT2D eigenvalue weighted by Crippen LogP contribution is -1.69. The fourth-order valence-electron chi connectivity index (χ4n) is 0.649. The molecule has 0 rings (SSSR count). The average molecular weight is 134 g/mol. The summed E-state index contributed by atoms with van der Waals surface area (Å²) in [5, 5.41) is 0. The van der Waals surface area contributed by atoms with Gasteiger partial charge in [0.2, 0.25) is 0 Å². The molecule has 0 amide bonds. The van der Waals surface area contributed by atoms with Gasteiger partial charge >= 0.3 is 0 Å². The third-order valence-corrected chi connectivity index (χ3v) is 0.995. The lowest BCUT2D eigenvalue weighted by atomic mass is 10.2. The quantitative estimate of drug-likeness (QED) is 0.401. The molecule has 0 unspecified atom stereocenters. The molecule has 0 aromatic heterocycles. The van der Waals surface area contributed by atoms with Gasteiger partial charge in [-0.3, -0.25) is 0 Å². The summed E-state index contributed by atoms with van der Waals surface area (Å²) in [6.07, 6.45) is 6.01. The molecule has 0 aromatic rings. The molecule has 0 fully saturated rings. The van der Waals surface area contributed by atoms with Gasteiger partial charge in [-0.15, -0.1) is 5.73 Å². The molecule has 0 bridgehead atoms. The van der Waals surface area contributed by atoms with E-state index in [1.165, 1.54) is 5.57 Å². The Morgan fingerprint density at radius 2 is 2.00 bits per heavy atom. The van der Waals surface area contributed by atoms with Crippen LogP contribution in [-0.2, 0) is 0 Å². The maximum Gasteiger partial charge on any atom is 0.0154 e. The van der Waals surface area contributed by atoms with Crippen LogP contribution >= 0.6 is 0 Å². The van der Waals surface area contributed by atoms with Gasteiger partial charge in [0.1, 0.15) is 0 Å². The zero-order valence-electron chi connectivity index (χ0n) is 6.94. The minimum absolute atomic E-state index is 1.04. The highest BCUT2D eigenvalue weighted by atomic mass is 13.9. The third-order valence-electron chi connectivity index (χ3n) is 0.995. The Morgan fingerprint density at radius 1 is 1.40 bits per heavy atom. The van der Waals surface area contributed by atoms with Crippen LogP contribution in [0, 0.1) is 0 Å². The van der Waals surface area contributed by atoms with Gasteiger partial charge in [-0.25, -0.2) is 0 Å². The van der Waals surface area contributed by atoms with Crippen LogP contribution < -0.4 is 0 Å². The van der Waals surface area contributed by atoms with E-state index in [9.17, 15) is 0 Å². The number of hydrogen-bond acceptors (Lipinski definition) is 0. The Kier molecular flexibility index (Phi) is 4.36. The molecule has 0 radical (unpaired) electrons. The largest absolute Gasteiger partial charge is 0.121 e. The van der Waals surface area contributed by atoms with Gasteiger partial charge in [0.25, 0.3) is 0 Å². The normalized spacial score (nSPS) is 9.10. The second-order valence-corrected chi connectivity index (χ2v) is 2.35. The summed E-state index contributed by atoms with van der Waals surface area (Å²) in [5.74, 6) is 0. The van der Waals surface area contributed by atoms with Gasteiger partial charge in [-0.1, -0.05) is 24.3 Å². The SMILES string of the molecule is C=C=C(C=CC)C=C(C)C. The highest BCUT2D eigenvalue weighted by Crippen LogP contribution is 2.00. The molecule has 0 aliphatic heterocycles. The fourth-order valence-corrected chi connectivity index (χ4v) is 0.649. The summed E-state index contributed by atoms with van der Waals surface area (Å²) < 4.78 is 0. The molecular weight excluding hydrogens is 120 g/mol. The predicted molar refractivity (Wildman–Crippen MR) is 46.9 cm³/mol. The van der Waals surface area contributed by atoms with Gasteiger partial charge in [0.15, 0.2) is 0 Å². The monoisotopic (exact) mass is 134 g/mol. The Labute approximate surface area is 63.3 Å². The summed E-state index contributed by atoms with van der Waals surface area (Å²) in [4.78, 5) is 0. The van der Waals surface area contributed by atoms with E-state index in [4.69, 9.17) is 0 Å². The lowest BCUT2D eigenvalue weighted by molar-refractivity contribution is 1.38. The van der Waals surface area contributed by atoms with Gasteiger partial charge in [0.05, 0.1) is 0 Å². The van der Waals surface area contributed by atoms with Crippen LogP contribution in [-0.4, -0.2) is 0 Å². The first kappa shape index (κ1) is 9.00. The number of allylic oxidation sites excluding steroid dienone is 5. The minimum Gasteiger partial charge on any atom is -0.121 e. The molecule has 54 valence electrons. The van der Waals surface area contributed by atoms with Crippen molar-refractivity contribution in [3.05, 3.63) is 41.7 Å². The van der Waals surface area contributed by atoms with Gasteiger partial charge in [-0.05, 0) is 26.8 Å². The summed E-state index contributed by atoms with van der Waals surface area (Å²) in [6.45, 7) is 9.67. The van der Waals surface area contributed by atoms with Crippen molar-refractivity contribution in [2.24, 2.45) is 0 Å². The van der Waals surface area contributed by atoms with Crippen molar-refractivity contribution >= 4 is 0 Å². The Balaban J connectivity index is 4.42. The van der Waals surface area contributed by atoms with Crippen molar-refractivity contribution in [3.63, 3.8) is 0 Å². The van der Waals surface area contributed by atoms with Gasteiger partial charge in [-0.2, -0.15) is 0 Å². The first-order valence-electron chi connectivity index (χ1n) is 3.38. The van der Waals surface area contributed by atoms with E-state index in [2.05, 4.69) is 26.2 Å². The zero-order valence-corrected chi connectivity index (χ0v) is 6.94. The molecule has 0 N–H and O–H groups in total. The summed E-state index contributed by atoms with van der Waals surface area (Å²) in [6, 6.07) is 0. The fraction of sp³-hybridized carbons (Fsp3) is 0.300. The van der Waals surface area contributed by atoms with E-state index >= 15 is 0 Å². The predicted octanol–water partition coefficient (Wildman–Crippen LogP) is 3.24. The third kappa shape index (κ3) is 3.94. The summed E-state index contributed by atoms with van der Waals surface area (Å²) >= 11 is 0. The van der Waals surface area contributed by atoms with Crippen LogP contribution in [0.5, 0.6) is 0 Å². The molecule has 0 aliphatic carbocycles. The molecular formula is C10H14. The van der Waals surface area contributed by atoms with Crippen LogP contribution in [0.15, 0.2) is 41.7 Å². The van der Waals surface area contributed by atoms with Crippen LogP contribution in [0.25, 0.3) is 0 Å². The second kappa shape index (κ2) is 4.84. The minimum atomic E-state index is 1.04. The molecule has 0 aliphatic rings. The highest BCUT2D eigenvalue weighted by molar-refractivity contribution is 5.30. The topological polar surface area (TPSA) is 0 Å². The van der Waals surface area contributed by atoms with Crippen LogP contribution in [0.1, 0.15) is 20.8 Å². The van der Waals surface area contributed by atoms with Crippen molar-refractivity contribution < 1.29 is 0 Å². The van der Waals surface area contributed by atoms with Crippen molar-refractivity contribution in [2.75, 3.05) is 0 Å². The van der Waals surface area contributed by atoms with Crippen LogP contribution in [0.3, 0.4) is 0 Å². The first-order chi connectivity index (χ1) is 4.70. The van der Waals surface area contributed by atoms with E-state index in [1.54, 1.807) is 0 Å². The van der Waals surface area contributed by atoms with Gasteiger partial charge in [0, 0.05) is 5.57 Å². The smallest absolute Gasteiger partial charge is 0.0154 e. The maximum absolute atomic E-state index is 3.57. The molecule has 0 heterocycles. The average Bonchev–Trinajstić information content (AvgIpc) is 1.86. The molecule has 0 heteroatoms. The number of hydrogen-bond donors (Lipinski definition) is 0. The van der Waals surface area contributed by atoms with Crippen LogP contribution in [0.2, 0.25) is 0 Å². The Hall–Kier alpha value is -1.00. The van der Waals surface area contributed by atoms with Crippen molar-refractivity contribution in [3.8, 4) is 0 Å². The molecule has 0 atom stereocenters. The maximum atomic E-state index is 3.57. The first-order valence-corrected chi connectivity index (χ1v) is 3.38. The standard InChI is InChI=1S/C10H14/c1-5-7-10(6-2)8-9(3)4/h5,7-8H,2H2,1,3-4H3. The zero-order chi connectivity index (χ0) is 7.98. The Morgan fingerprint density at radius 3 is 2.30 bits per heavy atom. The van der Waals surface area contributed by atoms with E-state index in [0.717, 1.165) is 5.57 Å². The van der Waals surface area contributed by atoms with Crippen molar-refractivity contribution in [1.29, 1.82) is 0 Å². The second-order valence-electron chi connectivity index (χ2n) is 2.35. The molecule has 0 saturated carbocycles. The van der Waals surface area contributed by atoms with Crippen LogP contribution in [0.4, 0.5) is 0 Å². The summed E-state index contributed by atoms with van der Waals surface area (Å²) in [7, 11) is 0.